The van der Waals surface area contributed by atoms with Gasteiger partial charge in [0.1, 0.15) is 5.75 Å². The van der Waals surface area contributed by atoms with Crippen molar-refractivity contribution in [2.24, 2.45) is 5.73 Å². The highest BCUT2D eigenvalue weighted by Gasteiger charge is 2.09. The van der Waals surface area contributed by atoms with E-state index in [1.54, 1.807) is 14.2 Å². The highest BCUT2D eigenvalue weighted by molar-refractivity contribution is 5.36. The van der Waals surface area contributed by atoms with Crippen LogP contribution < -0.4 is 10.5 Å². The summed E-state index contributed by atoms with van der Waals surface area (Å²) in [6.07, 6.45) is 0. The molecular weight excluding hydrogens is 178 g/mol. The predicted molar refractivity (Wildman–Crippen MR) is 56.5 cm³/mol. The summed E-state index contributed by atoms with van der Waals surface area (Å²) in [5.41, 5.74) is 8.19. The van der Waals surface area contributed by atoms with Crippen LogP contribution in [0.1, 0.15) is 17.2 Å². The maximum atomic E-state index is 5.95. The first-order valence-electron chi connectivity index (χ1n) is 4.58. The fraction of sp³-hybridized carbons (Fsp3) is 0.455. The fourth-order valence-corrected chi connectivity index (χ4v) is 1.41. The van der Waals surface area contributed by atoms with E-state index in [2.05, 4.69) is 0 Å². The fourth-order valence-electron chi connectivity index (χ4n) is 1.41. The van der Waals surface area contributed by atoms with Crippen molar-refractivity contribution in [1.29, 1.82) is 0 Å². The van der Waals surface area contributed by atoms with Gasteiger partial charge in [-0.05, 0) is 30.2 Å². The van der Waals surface area contributed by atoms with Crippen LogP contribution in [0.5, 0.6) is 5.75 Å². The van der Waals surface area contributed by atoms with Gasteiger partial charge in [-0.1, -0.05) is 6.07 Å². The van der Waals surface area contributed by atoms with Gasteiger partial charge in [-0.15, -0.1) is 0 Å². The quantitative estimate of drug-likeness (QED) is 0.794. The lowest BCUT2D eigenvalue weighted by molar-refractivity contribution is 0.180. The molecule has 0 amide bonds. The summed E-state index contributed by atoms with van der Waals surface area (Å²) >= 11 is 0. The van der Waals surface area contributed by atoms with Crippen molar-refractivity contribution in [3.63, 3.8) is 0 Å². The number of nitrogens with two attached hydrogens (primary N) is 1. The molecule has 2 N–H and O–H groups in total. The normalized spacial score (nSPS) is 12.6. The number of hydrogen-bond donors (Lipinski definition) is 1. The largest absolute Gasteiger partial charge is 0.497 e. The van der Waals surface area contributed by atoms with Crippen LogP contribution >= 0.6 is 0 Å². The molecule has 0 bridgehead atoms. The Labute approximate surface area is 84.8 Å². The molecule has 78 valence electrons. The number of aryl methyl sites for hydroxylation is 1. The van der Waals surface area contributed by atoms with Gasteiger partial charge in [0.05, 0.1) is 19.8 Å². The van der Waals surface area contributed by atoms with Crippen LogP contribution in [0.25, 0.3) is 0 Å². The zero-order valence-electron chi connectivity index (χ0n) is 8.91. The Kier molecular flexibility index (Phi) is 3.92. The van der Waals surface area contributed by atoms with E-state index in [1.807, 2.05) is 25.1 Å². The molecular formula is C11H17NO2. The topological polar surface area (TPSA) is 44.5 Å². The van der Waals surface area contributed by atoms with Gasteiger partial charge in [-0.25, -0.2) is 0 Å². The Morgan fingerprint density at radius 3 is 2.64 bits per heavy atom. The van der Waals surface area contributed by atoms with Crippen molar-refractivity contribution in [2.45, 2.75) is 13.0 Å². The summed E-state index contributed by atoms with van der Waals surface area (Å²) < 4.78 is 10.2. The van der Waals surface area contributed by atoms with Gasteiger partial charge in [-0.3, -0.25) is 0 Å². The van der Waals surface area contributed by atoms with Crippen LogP contribution in [0, 0.1) is 6.92 Å². The Hall–Kier alpha value is -1.06. The van der Waals surface area contributed by atoms with Crippen molar-refractivity contribution in [3.8, 4) is 5.75 Å². The highest BCUT2D eigenvalue weighted by Crippen LogP contribution is 2.21. The van der Waals surface area contributed by atoms with Gasteiger partial charge in [0.15, 0.2) is 0 Å². The van der Waals surface area contributed by atoms with E-state index in [1.165, 1.54) is 0 Å². The average Bonchev–Trinajstić information content (AvgIpc) is 2.19. The minimum atomic E-state index is -0.0879. The second kappa shape index (κ2) is 4.98. The van der Waals surface area contributed by atoms with E-state index in [0.29, 0.717) is 6.61 Å². The van der Waals surface area contributed by atoms with Crippen molar-refractivity contribution in [2.75, 3.05) is 20.8 Å². The van der Waals surface area contributed by atoms with E-state index in [9.17, 15) is 0 Å². The molecule has 0 aliphatic heterocycles. The summed E-state index contributed by atoms with van der Waals surface area (Å²) in [6, 6.07) is 5.80. The Morgan fingerprint density at radius 1 is 1.36 bits per heavy atom. The van der Waals surface area contributed by atoms with Crippen LogP contribution in [-0.4, -0.2) is 20.8 Å². The molecule has 1 aromatic rings. The minimum absolute atomic E-state index is 0.0879. The molecule has 0 fully saturated rings. The maximum Gasteiger partial charge on any atom is 0.119 e. The van der Waals surface area contributed by atoms with Gasteiger partial charge in [0.2, 0.25) is 0 Å². The lowest BCUT2D eigenvalue weighted by Gasteiger charge is -2.14. The third kappa shape index (κ3) is 2.47. The molecule has 0 spiro atoms. The maximum absolute atomic E-state index is 5.95. The molecule has 0 radical (unpaired) electrons. The van der Waals surface area contributed by atoms with Crippen molar-refractivity contribution in [3.05, 3.63) is 29.3 Å². The number of methoxy groups -OCH3 is 2. The van der Waals surface area contributed by atoms with Gasteiger partial charge in [-0.2, -0.15) is 0 Å². The van der Waals surface area contributed by atoms with E-state index in [4.69, 9.17) is 15.2 Å². The SMILES string of the molecule is COCC(N)c1cc(OC)ccc1C. The standard InChI is InChI=1S/C11H17NO2/c1-8-4-5-9(14-3)6-10(8)11(12)7-13-2/h4-6,11H,7,12H2,1-3H3. The number of hydrogen-bond acceptors (Lipinski definition) is 3. The number of rotatable bonds is 4. The second-order valence-electron chi connectivity index (χ2n) is 3.28. The highest BCUT2D eigenvalue weighted by atomic mass is 16.5. The second-order valence-corrected chi connectivity index (χ2v) is 3.28. The average molecular weight is 195 g/mol. The van der Waals surface area contributed by atoms with Crippen LogP contribution in [0.3, 0.4) is 0 Å². The van der Waals surface area contributed by atoms with Crippen LogP contribution in [0.15, 0.2) is 18.2 Å². The summed E-state index contributed by atoms with van der Waals surface area (Å²) in [7, 11) is 3.30. The third-order valence-electron chi connectivity index (χ3n) is 2.23. The minimum Gasteiger partial charge on any atom is -0.497 e. The molecule has 1 aromatic carbocycles. The molecule has 0 aromatic heterocycles. The molecule has 1 unspecified atom stereocenters. The van der Waals surface area contributed by atoms with E-state index >= 15 is 0 Å². The van der Waals surface area contributed by atoms with Crippen LogP contribution in [0.4, 0.5) is 0 Å². The molecule has 1 atom stereocenters. The molecule has 0 saturated heterocycles. The van der Waals surface area contributed by atoms with Gasteiger partial charge in [0.25, 0.3) is 0 Å². The third-order valence-corrected chi connectivity index (χ3v) is 2.23. The first kappa shape index (κ1) is 11.0. The predicted octanol–water partition coefficient (Wildman–Crippen LogP) is 1.65. The summed E-state index contributed by atoms with van der Waals surface area (Å²) in [6.45, 7) is 2.55. The molecule has 3 nitrogen and oxygen atoms in total. The lowest BCUT2D eigenvalue weighted by Crippen LogP contribution is -2.17. The zero-order chi connectivity index (χ0) is 10.6. The van der Waals surface area contributed by atoms with E-state index < -0.39 is 0 Å². The Balaban J connectivity index is 2.93. The van der Waals surface area contributed by atoms with E-state index in [0.717, 1.165) is 16.9 Å². The monoisotopic (exact) mass is 195 g/mol. The summed E-state index contributed by atoms with van der Waals surface area (Å²) in [5, 5.41) is 0. The van der Waals surface area contributed by atoms with Crippen molar-refractivity contribution < 1.29 is 9.47 Å². The first-order chi connectivity index (χ1) is 6.69. The van der Waals surface area contributed by atoms with Gasteiger partial charge in [0, 0.05) is 7.11 Å². The molecule has 0 heterocycles. The lowest BCUT2D eigenvalue weighted by atomic mass is 10.0. The Morgan fingerprint density at radius 2 is 2.07 bits per heavy atom. The zero-order valence-corrected chi connectivity index (χ0v) is 8.91. The summed E-state index contributed by atoms with van der Waals surface area (Å²) in [5.74, 6) is 0.831. The molecule has 0 aliphatic rings. The number of benzene rings is 1. The van der Waals surface area contributed by atoms with Crippen LogP contribution in [-0.2, 0) is 4.74 Å². The molecule has 0 saturated carbocycles. The van der Waals surface area contributed by atoms with Gasteiger partial charge >= 0.3 is 0 Å². The smallest absolute Gasteiger partial charge is 0.119 e. The van der Waals surface area contributed by atoms with Crippen molar-refractivity contribution in [1.82, 2.24) is 0 Å². The summed E-state index contributed by atoms with van der Waals surface area (Å²) in [4.78, 5) is 0. The molecule has 3 heteroatoms. The first-order valence-corrected chi connectivity index (χ1v) is 4.58. The molecule has 0 aliphatic carbocycles. The molecule has 1 rings (SSSR count). The van der Waals surface area contributed by atoms with E-state index in [-0.39, 0.29) is 6.04 Å². The number of ether oxygens (including phenoxy) is 2. The molecule has 14 heavy (non-hydrogen) atoms. The van der Waals surface area contributed by atoms with Crippen LogP contribution in [0.2, 0.25) is 0 Å². The Bertz CT molecular complexity index is 299. The van der Waals surface area contributed by atoms with Gasteiger partial charge < -0.3 is 15.2 Å². The van der Waals surface area contributed by atoms with Crippen molar-refractivity contribution >= 4 is 0 Å².